The molecule has 1 saturated heterocycles. The van der Waals surface area contributed by atoms with Gasteiger partial charge in [-0.15, -0.1) is 0 Å². The van der Waals surface area contributed by atoms with Crippen molar-refractivity contribution in [1.82, 2.24) is 15.2 Å². The van der Waals surface area contributed by atoms with Crippen molar-refractivity contribution >= 4 is 16.8 Å². The molecule has 0 saturated carbocycles. The van der Waals surface area contributed by atoms with Gasteiger partial charge in [-0.3, -0.25) is 9.78 Å². The number of amides is 1. The van der Waals surface area contributed by atoms with Crippen LogP contribution in [-0.4, -0.2) is 42.0 Å². The molecule has 1 N–H and O–H groups in total. The van der Waals surface area contributed by atoms with Gasteiger partial charge >= 0.3 is 0 Å². The van der Waals surface area contributed by atoms with Crippen LogP contribution in [0.25, 0.3) is 10.9 Å². The van der Waals surface area contributed by atoms with E-state index in [1.165, 1.54) is 32.4 Å². The van der Waals surface area contributed by atoms with Gasteiger partial charge in [0, 0.05) is 18.1 Å². The van der Waals surface area contributed by atoms with Gasteiger partial charge in [0.15, 0.2) is 0 Å². The first-order chi connectivity index (χ1) is 11.3. The number of rotatable bonds is 6. The number of likely N-dealkylation sites (tertiary alicyclic amines) is 1. The lowest BCUT2D eigenvalue weighted by Gasteiger charge is -2.26. The summed E-state index contributed by atoms with van der Waals surface area (Å²) < 4.78 is 0. The van der Waals surface area contributed by atoms with Gasteiger partial charge in [0.1, 0.15) is 0 Å². The molecule has 0 aliphatic carbocycles. The molecule has 0 radical (unpaired) electrons. The second-order valence-electron chi connectivity index (χ2n) is 6.27. The Balaban J connectivity index is 1.45. The van der Waals surface area contributed by atoms with Crippen molar-refractivity contribution in [3.8, 4) is 0 Å². The topological polar surface area (TPSA) is 45.2 Å². The summed E-state index contributed by atoms with van der Waals surface area (Å²) in [6.45, 7) is 4.29. The van der Waals surface area contributed by atoms with Gasteiger partial charge in [-0.2, -0.15) is 0 Å². The quantitative estimate of drug-likeness (QED) is 0.834. The van der Waals surface area contributed by atoms with E-state index in [0.717, 1.165) is 36.0 Å². The molecule has 23 heavy (non-hydrogen) atoms. The van der Waals surface area contributed by atoms with Gasteiger partial charge in [-0.25, -0.2) is 0 Å². The lowest BCUT2D eigenvalue weighted by molar-refractivity contribution is -0.120. The van der Waals surface area contributed by atoms with E-state index in [2.05, 4.69) is 15.2 Å². The minimum atomic E-state index is 0.0850. The molecular formula is C19H25N3O. The van der Waals surface area contributed by atoms with Crippen molar-refractivity contribution in [2.24, 2.45) is 0 Å². The Bertz CT molecular complexity index is 645. The summed E-state index contributed by atoms with van der Waals surface area (Å²) in [5, 5.41) is 4.13. The van der Waals surface area contributed by atoms with Crippen LogP contribution in [0, 0.1) is 0 Å². The molecule has 122 valence electrons. The number of fused-ring (bicyclic) bond motifs is 1. The lowest BCUT2D eigenvalue weighted by Crippen LogP contribution is -2.33. The summed E-state index contributed by atoms with van der Waals surface area (Å²) in [6, 6.07) is 9.96. The van der Waals surface area contributed by atoms with E-state index < -0.39 is 0 Å². The second-order valence-corrected chi connectivity index (χ2v) is 6.27. The molecule has 4 heteroatoms. The van der Waals surface area contributed by atoms with Crippen molar-refractivity contribution in [2.45, 2.75) is 32.1 Å². The number of nitrogens with zero attached hydrogens (tertiary/aromatic N) is 2. The Morgan fingerprint density at radius 1 is 1.13 bits per heavy atom. The Morgan fingerprint density at radius 2 is 1.96 bits per heavy atom. The van der Waals surface area contributed by atoms with E-state index in [1.54, 1.807) is 6.20 Å². The zero-order chi connectivity index (χ0) is 15.9. The molecule has 1 aromatic heterocycles. The molecule has 1 aliphatic heterocycles. The predicted molar refractivity (Wildman–Crippen MR) is 93.4 cm³/mol. The van der Waals surface area contributed by atoms with Gasteiger partial charge in [0.25, 0.3) is 0 Å². The number of carbonyl (C=O) groups excluding carboxylic acids is 1. The Hall–Kier alpha value is -1.94. The van der Waals surface area contributed by atoms with Crippen LogP contribution >= 0.6 is 0 Å². The smallest absolute Gasteiger partial charge is 0.224 e. The summed E-state index contributed by atoms with van der Waals surface area (Å²) in [5.74, 6) is 0.0850. The van der Waals surface area contributed by atoms with Crippen LogP contribution < -0.4 is 5.32 Å². The zero-order valence-electron chi connectivity index (χ0n) is 13.6. The number of para-hydroxylation sites is 1. The number of hydrogen-bond acceptors (Lipinski definition) is 3. The third-order valence-electron chi connectivity index (χ3n) is 4.49. The number of nitrogens with one attached hydrogen (secondary N) is 1. The first-order valence-electron chi connectivity index (χ1n) is 8.64. The van der Waals surface area contributed by atoms with Crippen molar-refractivity contribution in [1.29, 1.82) is 0 Å². The molecule has 0 unspecified atom stereocenters. The predicted octanol–water partition coefficient (Wildman–Crippen LogP) is 2.77. The first kappa shape index (κ1) is 15.9. The van der Waals surface area contributed by atoms with Gasteiger partial charge < -0.3 is 10.2 Å². The fraction of sp³-hybridized carbons (Fsp3) is 0.474. The van der Waals surface area contributed by atoms with Crippen molar-refractivity contribution in [3.05, 3.63) is 42.1 Å². The van der Waals surface area contributed by atoms with Gasteiger partial charge in [0.05, 0.1) is 11.9 Å². The van der Waals surface area contributed by atoms with E-state index in [4.69, 9.17) is 0 Å². The van der Waals surface area contributed by atoms with Crippen LogP contribution in [-0.2, 0) is 11.2 Å². The van der Waals surface area contributed by atoms with E-state index >= 15 is 0 Å². The second kappa shape index (κ2) is 8.06. The maximum absolute atomic E-state index is 12.2. The zero-order valence-corrected chi connectivity index (χ0v) is 13.6. The highest BCUT2D eigenvalue weighted by Gasteiger charge is 2.10. The molecule has 0 atom stereocenters. The average Bonchev–Trinajstić information content (AvgIpc) is 2.60. The summed E-state index contributed by atoms with van der Waals surface area (Å²) in [5.41, 5.74) is 1.93. The Labute approximate surface area is 137 Å². The lowest BCUT2D eigenvalue weighted by atomic mass is 10.1. The summed E-state index contributed by atoms with van der Waals surface area (Å²) in [4.78, 5) is 19.1. The highest BCUT2D eigenvalue weighted by atomic mass is 16.1. The minimum absolute atomic E-state index is 0.0850. The SMILES string of the molecule is O=C(Cc1cccc2cccnc12)NCCCN1CCCCC1. The molecule has 3 rings (SSSR count). The van der Waals surface area contributed by atoms with Crippen LogP contribution in [0.4, 0.5) is 0 Å². The largest absolute Gasteiger partial charge is 0.356 e. The number of pyridine rings is 1. The molecule has 1 fully saturated rings. The highest BCUT2D eigenvalue weighted by molar-refractivity contribution is 5.87. The average molecular weight is 311 g/mol. The maximum Gasteiger partial charge on any atom is 0.224 e. The summed E-state index contributed by atoms with van der Waals surface area (Å²) in [6.07, 6.45) is 7.22. The van der Waals surface area contributed by atoms with E-state index in [0.29, 0.717) is 6.42 Å². The molecule has 1 aliphatic rings. The maximum atomic E-state index is 12.2. The first-order valence-corrected chi connectivity index (χ1v) is 8.64. The molecule has 4 nitrogen and oxygen atoms in total. The Morgan fingerprint density at radius 3 is 2.83 bits per heavy atom. The van der Waals surface area contributed by atoms with Gasteiger partial charge in [-0.1, -0.05) is 30.7 Å². The molecule has 1 amide bonds. The minimum Gasteiger partial charge on any atom is -0.356 e. The summed E-state index contributed by atoms with van der Waals surface area (Å²) in [7, 11) is 0. The monoisotopic (exact) mass is 311 g/mol. The molecule has 1 aromatic carbocycles. The van der Waals surface area contributed by atoms with Crippen LogP contribution in [0.5, 0.6) is 0 Å². The number of carbonyl (C=O) groups is 1. The number of piperidine rings is 1. The standard InChI is InChI=1S/C19H25N3O/c23-18(20-11-6-14-22-12-2-1-3-13-22)15-17-8-4-7-16-9-5-10-21-19(16)17/h4-5,7-10H,1-3,6,11-15H2,(H,20,23). The number of aromatic nitrogens is 1. The van der Waals surface area contributed by atoms with Gasteiger partial charge in [-0.05, 0) is 50.5 Å². The van der Waals surface area contributed by atoms with Crippen LogP contribution in [0.3, 0.4) is 0 Å². The van der Waals surface area contributed by atoms with Crippen molar-refractivity contribution in [2.75, 3.05) is 26.2 Å². The van der Waals surface area contributed by atoms with Gasteiger partial charge in [0.2, 0.25) is 5.91 Å². The number of benzene rings is 1. The van der Waals surface area contributed by atoms with E-state index in [9.17, 15) is 4.79 Å². The molecular weight excluding hydrogens is 286 g/mol. The van der Waals surface area contributed by atoms with Crippen LogP contribution in [0.2, 0.25) is 0 Å². The summed E-state index contributed by atoms with van der Waals surface area (Å²) >= 11 is 0. The Kier molecular flexibility index (Phi) is 5.59. The van der Waals surface area contributed by atoms with E-state index in [1.807, 2.05) is 30.3 Å². The van der Waals surface area contributed by atoms with Crippen molar-refractivity contribution < 1.29 is 4.79 Å². The number of hydrogen-bond donors (Lipinski definition) is 1. The highest BCUT2D eigenvalue weighted by Crippen LogP contribution is 2.16. The third-order valence-corrected chi connectivity index (χ3v) is 4.49. The fourth-order valence-corrected chi connectivity index (χ4v) is 3.26. The molecule has 0 spiro atoms. The van der Waals surface area contributed by atoms with Crippen LogP contribution in [0.1, 0.15) is 31.2 Å². The third kappa shape index (κ3) is 4.52. The van der Waals surface area contributed by atoms with E-state index in [-0.39, 0.29) is 5.91 Å². The molecule has 0 bridgehead atoms. The normalized spacial score (nSPS) is 15.7. The van der Waals surface area contributed by atoms with Crippen molar-refractivity contribution in [3.63, 3.8) is 0 Å². The molecule has 2 heterocycles. The fourth-order valence-electron chi connectivity index (χ4n) is 3.26. The molecule has 2 aromatic rings. The van der Waals surface area contributed by atoms with Crippen LogP contribution in [0.15, 0.2) is 36.5 Å².